The van der Waals surface area contributed by atoms with Gasteiger partial charge in [-0.2, -0.15) is 4.98 Å². The molecule has 0 radical (unpaired) electrons. The number of rotatable bonds is 8. The molecule has 0 spiro atoms. The van der Waals surface area contributed by atoms with Gasteiger partial charge in [-0.3, -0.25) is 9.59 Å². The molecule has 38 heavy (non-hydrogen) atoms. The van der Waals surface area contributed by atoms with Crippen LogP contribution in [0.5, 0.6) is 0 Å². The normalized spacial score (nSPS) is 16.9. The van der Waals surface area contributed by atoms with Gasteiger partial charge in [-0.05, 0) is 74.7 Å². The molecule has 9 nitrogen and oxygen atoms in total. The van der Waals surface area contributed by atoms with Gasteiger partial charge in [-0.1, -0.05) is 25.1 Å². The molecule has 0 aliphatic heterocycles. The van der Waals surface area contributed by atoms with E-state index in [2.05, 4.69) is 37.8 Å². The Kier molecular flexibility index (Phi) is 7.71. The largest absolute Gasteiger partial charge is 0.402 e. The number of allylic oxidation sites excluding steroid dienone is 2. The molecule has 4 rings (SSSR count). The molecule has 2 aromatic carbocycles. The third kappa shape index (κ3) is 6.33. The summed E-state index contributed by atoms with van der Waals surface area (Å²) in [6.45, 7) is 7.35. The number of nitrogens with zero attached hydrogens (tertiary/aromatic N) is 2. The van der Waals surface area contributed by atoms with Gasteiger partial charge in [0.2, 0.25) is 17.8 Å². The topological polar surface area (TPSA) is 134 Å². The molecule has 3 aromatic rings. The Bertz CT molecular complexity index is 1400. The molecular formula is C28H30FN7O2. The lowest BCUT2D eigenvalue weighted by molar-refractivity contribution is -0.125. The number of anilines is 6. The summed E-state index contributed by atoms with van der Waals surface area (Å²) in [4.78, 5) is 32.7. The third-order valence-electron chi connectivity index (χ3n) is 6.42. The average molecular weight is 516 g/mol. The van der Waals surface area contributed by atoms with Crippen LogP contribution < -0.4 is 27.0 Å². The van der Waals surface area contributed by atoms with E-state index in [1.807, 2.05) is 13.8 Å². The van der Waals surface area contributed by atoms with Crippen molar-refractivity contribution >= 4 is 46.3 Å². The highest BCUT2D eigenvalue weighted by Crippen LogP contribution is 2.38. The molecule has 1 aliphatic rings. The van der Waals surface area contributed by atoms with Gasteiger partial charge in [-0.15, -0.1) is 0 Å². The molecule has 1 aromatic heterocycles. The summed E-state index contributed by atoms with van der Waals surface area (Å²) in [5.74, 6) is -0.901. The van der Waals surface area contributed by atoms with Crippen molar-refractivity contribution in [1.29, 1.82) is 0 Å². The Labute approximate surface area is 220 Å². The molecule has 0 bridgehead atoms. The molecule has 1 aliphatic carbocycles. The van der Waals surface area contributed by atoms with Crippen LogP contribution in [0.1, 0.15) is 33.1 Å². The Morgan fingerprint density at radius 2 is 1.76 bits per heavy atom. The molecule has 1 heterocycles. The van der Waals surface area contributed by atoms with Crippen molar-refractivity contribution in [2.24, 2.45) is 11.1 Å². The fourth-order valence-electron chi connectivity index (χ4n) is 4.17. The van der Waals surface area contributed by atoms with E-state index in [0.29, 0.717) is 42.0 Å². The molecule has 1 atom stereocenters. The van der Waals surface area contributed by atoms with Crippen LogP contribution in [0, 0.1) is 11.2 Å². The third-order valence-corrected chi connectivity index (χ3v) is 6.42. The number of carbonyl (C=O) groups is 2. The first kappa shape index (κ1) is 26.3. The zero-order valence-corrected chi connectivity index (χ0v) is 21.3. The van der Waals surface area contributed by atoms with Crippen LogP contribution in [-0.4, -0.2) is 21.8 Å². The highest BCUT2D eigenvalue weighted by Gasteiger charge is 2.36. The van der Waals surface area contributed by atoms with E-state index < -0.39 is 11.2 Å². The van der Waals surface area contributed by atoms with Crippen molar-refractivity contribution in [2.75, 3.05) is 21.3 Å². The van der Waals surface area contributed by atoms with Crippen LogP contribution in [-0.2, 0) is 9.59 Å². The number of aromatic nitrogens is 2. The van der Waals surface area contributed by atoms with Crippen LogP contribution in [0.3, 0.4) is 0 Å². The second kappa shape index (κ2) is 11.1. The van der Waals surface area contributed by atoms with Crippen LogP contribution in [0.15, 0.2) is 78.7 Å². The van der Waals surface area contributed by atoms with Gasteiger partial charge < -0.3 is 27.0 Å². The minimum absolute atomic E-state index is 0.0377. The van der Waals surface area contributed by atoms with Gasteiger partial charge in [0.15, 0.2) is 11.6 Å². The minimum Gasteiger partial charge on any atom is -0.402 e. The molecule has 0 fully saturated rings. The van der Waals surface area contributed by atoms with Crippen molar-refractivity contribution < 1.29 is 14.0 Å². The Morgan fingerprint density at radius 3 is 2.47 bits per heavy atom. The van der Waals surface area contributed by atoms with E-state index in [4.69, 9.17) is 5.73 Å². The van der Waals surface area contributed by atoms with Crippen LogP contribution >= 0.6 is 0 Å². The molecule has 2 amide bonds. The highest BCUT2D eigenvalue weighted by molar-refractivity contribution is 5.99. The van der Waals surface area contributed by atoms with E-state index >= 15 is 0 Å². The van der Waals surface area contributed by atoms with E-state index in [1.165, 1.54) is 0 Å². The average Bonchev–Trinajstić information content (AvgIpc) is 2.89. The number of halogens is 1. The Morgan fingerprint density at radius 1 is 1.05 bits per heavy atom. The lowest BCUT2D eigenvalue weighted by Crippen LogP contribution is -2.36. The van der Waals surface area contributed by atoms with Crippen molar-refractivity contribution in [1.82, 2.24) is 9.97 Å². The zero-order valence-electron chi connectivity index (χ0n) is 21.3. The molecular weight excluding hydrogens is 485 g/mol. The number of hydrogen-bond acceptors (Lipinski definition) is 7. The van der Waals surface area contributed by atoms with Crippen LogP contribution in [0.2, 0.25) is 0 Å². The number of carbonyl (C=O) groups excluding carboxylic acids is 2. The molecule has 10 heteroatoms. The number of benzene rings is 2. The SMILES string of the molecule is C=CC(=O)Nc1cccc(Nc2nc(Nc3ccc(NC(=O)C4(C)CCC(N)=C(C)C4)cc3)ncc2F)c1. The predicted molar refractivity (Wildman–Crippen MR) is 148 cm³/mol. The molecule has 0 saturated carbocycles. The molecule has 6 N–H and O–H groups in total. The molecule has 0 saturated heterocycles. The number of nitrogens with one attached hydrogen (secondary N) is 4. The van der Waals surface area contributed by atoms with Gasteiger partial charge in [0, 0.05) is 28.4 Å². The second-order valence-electron chi connectivity index (χ2n) is 9.49. The quantitative estimate of drug-likeness (QED) is 0.247. The summed E-state index contributed by atoms with van der Waals surface area (Å²) >= 11 is 0. The Hall–Kier alpha value is -4.73. The summed E-state index contributed by atoms with van der Waals surface area (Å²) in [6, 6.07) is 13.9. The summed E-state index contributed by atoms with van der Waals surface area (Å²) in [6.07, 6.45) is 4.27. The van der Waals surface area contributed by atoms with Crippen molar-refractivity contribution in [3.63, 3.8) is 0 Å². The monoisotopic (exact) mass is 515 g/mol. The standard InChI is InChI=1S/C28H30FN7O2/c1-4-24(37)32-20-6-5-7-21(14-20)33-25-22(29)16-31-27(36-25)35-19-10-8-18(9-11-19)34-26(38)28(3)13-12-23(30)17(2)15-28/h4-11,14,16H,1,12-13,15,30H2,2-3H3,(H,32,37)(H,34,38)(H2,31,33,35,36). The van der Waals surface area contributed by atoms with Crippen molar-refractivity contribution in [3.05, 3.63) is 84.5 Å². The van der Waals surface area contributed by atoms with Gasteiger partial charge >= 0.3 is 0 Å². The van der Waals surface area contributed by atoms with Gasteiger partial charge in [0.25, 0.3) is 0 Å². The Balaban J connectivity index is 1.41. The zero-order chi connectivity index (χ0) is 27.3. The fraction of sp³-hybridized carbons (Fsp3) is 0.214. The molecule has 1 unspecified atom stereocenters. The summed E-state index contributed by atoms with van der Waals surface area (Å²) in [5, 5.41) is 11.6. The maximum absolute atomic E-state index is 14.4. The first-order chi connectivity index (χ1) is 18.1. The van der Waals surface area contributed by atoms with E-state index in [0.717, 1.165) is 23.5 Å². The van der Waals surface area contributed by atoms with Crippen molar-refractivity contribution in [2.45, 2.75) is 33.1 Å². The van der Waals surface area contributed by atoms with E-state index in [1.54, 1.807) is 48.5 Å². The van der Waals surface area contributed by atoms with E-state index in [-0.39, 0.29) is 23.6 Å². The number of nitrogens with two attached hydrogens (primary N) is 1. The second-order valence-corrected chi connectivity index (χ2v) is 9.49. The van der Waals surface area contributed by atoms with Crippen LogP contribution in [0.4, 0.5) is 38.9 Å². The maximum Gasteiger partial charge on any atom is 0.247 e. The van der Waals surface area contributed by atoms with Crippen molar-refractivity contribution in [3.8, 4) is 0 Å². The number of amides is 2. The first-order valence-electron chi connectivity index (χ1n) is 12.1. The summed E-state index contributed by atoms with van der Waals surface area (Å²) < 4.78 is 14.4. The highest BCUT2D eigenvalue weighted by atomic mass is 19.1. The van der Waals surface area contributed by atoms with Gasteiger partial charge in [0.05, 0.1) is 11.6 Å². The minimum atomic E-state index is -0.641. The maximum atomic E-state index is 14.4. The van der Waals surface area contributed by atoms with E-state index in [9.17, 15) is 14.0 Å². The smallest absolute Gasteiger partial charge is 0.247 e. The van der Waals surface area contributed by atoms with Crippen LogP contribution in [0.25, 0.3) is 0 Å². The lowest BCUT2D eigenvalue weighted by Gasteiger charge is -2.33. The summed E-state index contributed by atoms with van der Waals surface area (Å²) in [7, 11) is 0. The number of hydrogen-bond donors (Lipinski definition) is 5. The predicted octanol–water partition coefficient (Wildman–Crippen LogP) is 5.59. The summed E-state index contributed by atoms with van der Waals surface area (Å²) in [5.41, 5.74) is 9.79. The van der Waals surface area contributed by atoms with Gasteiger partial charge in [0.1, 0.15) is 0 Å². The fourth-order valence-corrected chi connectivity index (χ4v) is 4.17. The lowest BCUT2D eigenvalue weighted by atomic mass is 9.74. The first-order valence-corrected chi connectivity index (χ1v) is 12.1. The molecule has 196 valence electrons. The van der Waals surface area contributed by atoms with Gasteiger partial charge in [-0.25, -0.2) is 9.37 Å².